The number of amides is 1. The Kier molecular flexibility index (Phi) is 12.8. The van der Waals surface area contributed by atoms with Crippen LogP contribution in [0.15, 0.2) is 67.0 Å². The van der Waals surface area contributed by atoms with Crippen LogP contribution in [0, 0.1) is 23.7 Å². The zero-order chi connectivity index (χ0) is 35.9. The van der Waals surface area contributed by atoms with Gasteiger partial charge in [-0.1, -0.05) is 65.8 Å². The maximum Gasteiger partial charge on any atom is 0.252 e. The van der Waals surface area contributed by atoms with Crippen molar-refractivity contribution in [2.75, 3.05) is 26.2 Å². The van der Waals surface area contributed by atoms with Crippen LogP contribution in [0.2, 0.25) is 0 Å². The van der Waals surface area contributed by atoms with Crippen molar-refractivity contribution in [1.82, 2.24) is 14.8 Å². The molecular formula is C41H57N3O5. The zero-order valence-electron chi connectivity index (χ0n) is 30.8. The highest BCUT2D eigenvalue weighted by Gasteiger charge is 2.51. The number of rotatable bonds is 15. The lowest BCUT2D eigenvalue weighted by Crippen LogP contribution is -2.40. The van der Waals surface area contributed by atoms with E-state index in [4.69, 9.17) is 4.74 Å². The number of ether oxygens (including phenoxy) is 1. The molecule has 0 bridgehead atoms. The van der Waals surface area contributed by atoms with Crippen molar-refractivity contribution in [3.05, 3.63) is 94.8 Å². The van der Waals surface area contributed by atoms with Crippen LogP contribution in [0.4, 0.5) is 0 Å². The molecule has 1 aliphatic rings. The van der Waals surface area contributed by atoms with E-state index in [1.807, 2.05) is 19.1 Å². The monoisotopic (exact) mass is 671 g/mol. The van der Waals surface area contributed by atoms with Crippen LogP contribution in [0.1, 0.15) is 100.0 Å². The summed E-state index contributed by atoms with van der Waals surface area (Å²) in [7, 11) is 0. The maximum atomic E-state index is 14.2. The van der Waals surface area contributed by atoms with Crippen LogP contribution >= 0.6 is 0 Å². The van der Waals surface area contributed by atoms with Crippen LogP contribution in [0.3, 0.4) is 0 Å². The predicted octanol–water partition coefficient (Wildman–Crippen LogP) is 6.81. The van der Waals surface area contributed by atoms with Crippen LogP contribution in [0.25, 0.3) is 0 Å². The summed E-state index contributed by atoms with van der Waals surface area (Å²) in [6, 6.07) is 17.0. The SMILES string of the molecule is Cc1cc(C(=O)C2C(O)C(=O)N(CCCN(CCO)C(C)CC(C)(C)C)C2c2ccncc2)ccc1OCc1ccc(CC(C)(C)C)cc1. The molecule has 49 heavy (non-hydrogen) atoms. The number of carbonyl (C=O) groups excluding carboxylic acids is 2. The summed E-state index contributed by atoms with van der Waals surface area (Å²) in [5, 5.41) is 21.1. The normalized spacial score (nSPS) is 19.0. The van der Waals surface area contributed by atoms with Gasteiger partial charge >= 0.3 is 0 Å². The molecule has 3 aromatic rings. The number of hydrogen-bond donors (Lipinski definition) is 2. The molecule has 2 heterocycles. The Morgan fingerprint density at radius 3 is 2.20 bits per heavy atom. The first kappa shape index (κ1) is 38.2. The van der Waals surface area contributed by atoms with Gasteiger partial charge in [-0.2, -0.15) is 0 Å². The molecule has 0 saturated carbocycles. The second-order valence-electron chi connectivity index (χ2n) is 16.1. The number of carbonyl (C=O) groups is 2. The minimum atomic E-state index is -1.46. The molecule has 1 aromatic heterocycles. The highest BCUT2D eigenvalue weighted by atomic mass is 16.5. The molecule has 266 valence electrons. The molecule has 0 spiro atoms. The fraction of sp³-hybridized carbons (Fsp3) is 0.537. The van der Waals surface area contributed by atoms with Gasteiger partial charge in [-0.05, 0) is 96.5 Å². The molecule has 2 aromatic carbocycles. The molecular weight excluding hydrogens is 614 g/mol. The molecule has 1 aliphatic heterocycles. The first-order valence-electron chi connectivity index (χ1n) is 17.7. The first-order chi connectivity index (χ1) is 23.1. The number of benzene rings is 2. The second kappa shape index (κ2) is 16.4. The topological polar surface area (TPSA) is 103 Å². The Morgan fingerprint density at radius 2 is 1.61 bits per heavy atom. The van der Waals surface area contributed by atoms with Crippen LogP contribution in [-0.4, -0.2) is 75.1 Å². The van der Waals surface area contributed by atoms with Gasteiger partial charge in [0.2, 0.25) is 0 Å². The number of aromatic nitrogens is 1. The van der Waals surface area contributed by atoms with Gasteiger partial charge in [-0.25, -0.2) is 0 Å². The number of pyridine rings is 1. The lowest BCUT2D eigenvalue weighted by atomic mass is 9.85. The van der Waals surface area contributed by atoms with Crippen LogP contribution < -0.4 is 4.74 Å². The minimum Gasteiger partial charge on any atom is -0.489 e. The highest BCUT2D eigenvalue weighted by molar-refractivity contribution is 6.04. The Bertz CT molecular complexity index is 1530. The Balaban J connectivity index is 1.49. The van der Waals surface area contributed by atoms with E-state index in [-0.39, 0.29) is 29.3 Å². The number of hydrogen-bond acceptors (Lipinski definition) is 7. The van der Waals surface area contributed by atoms with Crippen molar-refractivity contribution >= 4 is 11.7 Å². The number of aryl methyl sites for hydroxylation is 1. The molecule has 1 fully saturated rings. The first-order valence-corrected chi connectivity index (χ1v) is 17.7. The van der Waals surface area contributed by atoms with Gasteiger partial charge in [0.15, 0.2) is 5.78 Å². The summed E-state index contributed by atoms with van der Waals surface area (Å²) in [6.45, 7) is 19.4. The minimum absolute atomic E-state index is 0.0556. The number of likely N-dealkylation sites (tertiary alicyclic amines) is 1. The summed E-state index contributed by atoms with van der Waals surface area (Å²) in [5.41, 5.74) is 4.72. The Labute approximate surface area is 293 Å². The number of nitrogens with zero attached hydrogens (tertiary/aromatic N) is 3. The van der Waals surface area contributed by atoms with Crippen molar-refractivity contribution in [2.24, 2.45) is 16.7 Å². The van der Waals surface area contributed by atoms with Crippen LogP contribution in [0.5, 0.6) is 5.75 Å². The smallest absolute Gasteiger partial charge is 0.252 e. The number of aliphatic hydroxyl groups excluding tert-OH is 2. The van der Waals surface area contributed by atoms with Crippen molar-refractivity contribution in [2.45, 2.75) is 99.4 Å². The lowest BCUT2D eigenvalue weighted by Gasteiger charge is -2.34. The van der Waals surface area contributed by atoms with Gasteiger partial charge in [0.1, 0.15) is 18.5 Å². The summed E-state index contributed by atoms with van der Waals surface area (Å²) in [4.78, 5) is 35.8. The highest BCUT2D eigenvalue weighted by Crippen LogP contribution is 2.41. The molecule has 4 rings (SSSR count). The second-order valence-corrected chi connectivity index (χ2v) is 16.1. The lowest BCUT2D eigenvalue weighted by molar-refractivity contribution is -0.135. The molecule has 1 amide bonds. The molecule has 0 aliphatic carbocycles. The molecule has 8 heteroatoms. The molecule has 4 atom stereocenters. The number of ketones is 1. The third kappa shape index (κ3) is 10.5. The van der Waals surface area contributed by atoms with Crippen molar-refractivity contribution in [3.8, 4) is 5.75 Å². The average Bonchev–Trinajstić information content (AvgIpc) is 3.28. The van der Waals surface area contributed by atoms with E-state index in [0.29, 0.717) is 44.0 Å². The van der Waals surface area contributed by atoms with Gasteiger partial charge in [-0.3, -0.25) is 19.5 Å². The van der Waals surface area contributed by atoms with E-state index in [2.05, 4.69) is 82.6 Å². The third-order valence-electron chi connectivity index (χ3n) is 9.28. The van der Waals surface area contributed by atoms with Gasteiger partial charge in [-0.15, -0.1) is 0 Å². The van der Waals surface area contributed by atoms with E-state index in [1.54, 1.807) is 35.5 Å². The van der Waals surface area contributed by atoms with E-state index >= 15 is 0 Å². The van der Waals surface area contributed by atoms with Crippen molar-refractivity contribution in [3.63, 3.8) is 0 Å². The predicted molar refractivity (Wildman–Crippen MR) is 194 cm³/mol. The summed E-state index contributed by atoms with van der Waals surface area (Å²) < 4.78 is 6.14. The largest absolute Gasteiger partial charge is 0.489 e. The van der Waals surface area contributed by atoms with E-state index in [9.17, 15) is 19.8 Å². The molecule has 1 saturated heterocycles. The summed E-state index contributed by atoms with van der Waals surface area (Å²) in [5.74, 6) is -1.02. The molecule has 8 nitrogen and oxygen atoms in total. The quantitative estimate of drug-likeness (QED) is 0.171. The fourth-order valence-corrected chi connectivity index (χ4v) is 7.14. The van der Waals surface area contributed by atoms with Gasteiger partial charge in [0.25, 0.3) is 5.91 Å². The van der Waals surface area contributed by atoms with Crippen molar-refractivity contribution < 1.29 is 24.5 Å². The Hall–Kier alpha value is -3.59. The molecule has 2 N–H and O–H groups in total. The van der Waals surface area contributed by atoms with Gasteiger partial charge in [0, 0.05) is 43.6 Å². The molecule has 0 radical (unpaired) electrons. The van der Waals surface area contributed by atoms with Crippen molar-refractivity contribution in [1.29, 1.82) is 0 Å². The maximum absolute atomic E-state index is 14.2. The van der Waals surface area contributed by atoms with E-state index in [1.165, 1.54) is 5.56 Å². The fourth-order valence-electron chi connectivity index (χ4n) is 7.14. The zero-order valence-corrected chi connectivity index (χ0v) is 30.8. The van der Waals surface area contributed by atoms with Crippen LogP contribution in [-0.2, 0) is 17.8 Å². The summed E-state index contributed by atoms with van der Waals surface area (Å²) >= 11 is 0. The van der Waals surface area contributed by atoms with Gasteiger partial charge < -0.3 is 19.8 Å². The molecule has 4 unspecified atom stereocenters. The van der Waals surface area contributed by atoms with E-state index in [0.717, 1.165) is 29.5 Å². The Morgan fingerprint density at radius 1 is 0.959 bits per heavy atom. The standard InChI is InChI=1S/C41H57N3O5/c1-28-24-33(14-15-34(28)49-27-31-12-10-30(11-13-31)26-41(6,7)8)37(46)35-36(32-16-18-42-19-17-32)44(39(48)38(35)47)21-9-20-43(22-23-45)29(2)25-40(3,4)5/h10-19,24,29,35-36,38,45,47H,9,20-23,25-27H2,1-8H3. The number of aliphatic hydroxyl groups is 2. The average molecular weight is 672 g/mol. The number of Topliss-reactive ketones (excluding diaryl/α,β-unsaturated/α-hetero) is 1. The summed E-state index contributed by atoms with van der Waals surface area (Å²) in [6.07, 6.45) is 4.45. The van der Waals surface area contributed by atoms with E-state index < -0.39 is 24.0 Å². The van der Waals surface area contributed by atoms with Gasteiger partial charge in [0.05, 0.1) is 18.6 Å². The third-order valence-corrected chi connectivity index (χ3v) is 9.28.